The summed E-state index contributed by atoms with van der Waals surface area (Å²) >= 11 is 0. The summed E-state index contributed by atoms with van der Waals surface area (Å²) in [5.41, 5.74) is 4.79. The van der Waals surface area contributed by atoms with Crippen molar-refractivity contribution in [2.45, 2.75) is 12.0 Å². The van der Waals surface area contributed by atoms with E-state index in [0.717, 1.165) is 45.9 Å². The molecular weight excluding hydrogens is 222 g/mol. The van der Waals surface area contributed by atoms with E-state index >= 15 is 0 Å². The molecule has 0 spiro atoms. The minimum atomic E-state index is -1.04. The summed E-state index contributed by atoms with van der Waals surface area (Å²) in [5, 5.41) is 9.03. The van der Waals surface area contributed by atoms with Gasteiger partial charge in [0.25, 0.3) is 0 Å². The van der Waals surface area contributed by atoms with Gasteiger partial charge in [-0.2, -0.15) is 0 Å². The Morgan fingerprint density at radius 1 is 1.24 bits per heavy atom. The van der Waals surface area contributed by atoms with Crippen LogP contribution in [-0.4, -0.2) is 78.9 Å². The summed E-state index contributed by atoms with van der Waals surface area (Å²) in [4.78, 5) is 15.5. The van der Waals surface area contributed by atoms with Crippen LogP contribution in [0.1, 0.15) is 6.42 Å². The highest BCUT2D eigenvalue weighted by atomic mass is 16.5. The number of carbonyl (C=O) groups is 1. The van der Waals surface area contributed by atoms with Gasteiger partial charge in [-0.05, 0) is 6.42 Å². The lowest BCUT2D eigenvalue weighted by atomic mass is 10.0. The summed E-state index contributed by atoms with van der Waals surface area (Å²) < 4.78 is 5.28. The third kappa shape index (κ3) is 3.16. The number of hydrogen-bond acceptors (Lipinski definition) is 5. The summed E-state index contributed by atoms with van der Waals surface area (Å²) in [6, 6.07) is 0. The highest BCUT2D eigenvalue weighted by molar-refractivity contribution is 5.79. The fourth-order valence-electron chi connectivity index (χ4n) is 2.39. The number of rotatable bonds is 4. The maximum Gasteiger partial charge on any atom is 0.325 e. The zero-order valence-electron chi connectivity index (χ0n) is 10.1. The van der Waals surface area contributed by atoms with E-state index < -0.39 is 11.5 Å². The maximum atomic E-state index is 11.0. The highest BCUT2D eigenvalue weighted by Crippen LogP contribution is 2.18. The fourth-order valence-corrected chi connectivity index (χ4v) is 2.39. The van der Waals surface area contributed by atoms with Gasteiger partial charge in [-0.15, -0.1) is 0 Å². The predicted octanol–water partition coefficient (Wildman–Crippen LogP) is -1.19. The zero-order chi connectivity index (χ0) is 12.3. The number of morpholine rings is 1. The Hall–Kier alpha value is -0.690. The summed E-state index contributed by atoms with van der Waals surface area (Å²) in [6.45, 7) is 6.66. The van der Waals surface area contributed by atoms with Crippen LogP contribution in [0, 0.1) is 0 Å². The number of likely N-dealkylation sites (tertiary alicyclic amines) is 1. The monoisotopic (exact) mass is 243 g/mol. The number of carboxylic acid groups (broad SMARTS) is 1. The Bertz CT molecular complexity index is 281. The average molecular weight is 243 g/mol. The molecule has 2 rings (SSSR count). The van der Waals surface area contributed by atoms with E-state index in [2.05, 4.69) is 9.80 Å². The van der Waals surface area contributed by atoms with Gasteiger partial charge in [-0.3, -0.25) is 14.6 Å². The van der Waals surface area contributed by atoms with Crippen LogP contribution in [-0.2, 0) is 9.53 Å². The lowest BCUT2D eigenvalue weighted by molar-refractivity contribution is -0.142. The van der Waals surface area contributed by atoms with Crippen molar-refractivity contribution in [1.29, 1.82) is 0 Å². The van der Waals surface area contributed by atoms with Crippen LogP contribution in [0.2, 0.25) is 0 Å². The van der Waals surface area contributed by atoms with E-state index in [1.165, 1.54) is 0 Å². The lowest BCUT2D eigenvalue weighted by Gasteiger charge is -2.28. The highest BCUT2D eigenvalue weighted by Gasteiger charge is 2.40. The van der Waals surface area contributed by atoms with Gasteiger partial charge in [0.15, 0.2) is 0 Å². The molecule has 0 amide bonds. The molecule has 2 heterocycles. The fraction of sp³-hybridized carbons (Fsp3) is 0.909. The van der Waals surface area contributed by atoms with E-state index in [-0.39, 0.29) is 0 Å². The number of nitrogens with two attached hydrogens (primary N) is 1. The van der Waals surface area contributed by atoms with Gasteiger partial charge in [0.05, 0.1) is 13.2 Å². The first-order valence-corrected chi connectivity index (χ1v) is 6.15. The molecule has 1 unspecified atom stereocenters. The molecule has 0 aromatic heterocycles. The maximum absolute atomic E-state index is 11.0. The van der Waals surface area contributed by atoms with Gasteiger partial charge in [-0.1, -0.05) is 0 Å². The largest absolute Gasteiger partial charge is 0.480 e. The quantitative estimate of drug-likeness (QED) is 0.646. The molecule has 2 saturated heterocycles. The van der Waals surface area contributed by atoms with Crippen LogP contribution in [0.4, 0.5) is 0 Å². The standard InChI is InChI=1S/C11H21N3O3/c12-11(10(15)16)1-2-14(9-11)4-3-13-5-7-17-8-6-13/h1-9,12H2,(H,15,16). The van der Waals surface area contributed by atoms with E-state index in [9.17, 15) is 4.79 Å². The average Bonchev–Trinajstić information content (AvgIpc) is 2.72. The Balaban J connectivity index is 1.72. The van der Waals surface area contributed by atoms with Gasteiger partial charge >= 0.3 is 5.97 Å². The Morgan fingerprint density at radius 3 is 2.47 bits per heavy atom. The molecule has 2 aliphatic rings. The van der Waals surface area contributed by atoms with Crippen molar-refractivity contribution >= 4 is 5.97 Å². The minimum absolute atomic E-state index is 0.465. The first-order valence-electron chi connectivity index (χ1n) is 6.15. The van der Waals surface area contributed by atoms with E-state index in [4.69, 9.17) is 15.6 Å². The molecule has 0 aromatic carbocycles. The Kier molecular flexibility index (Phi) is 3.98. The number of ether oxygens (including phenoxy) is 1. The van der Waals surface area contributed by atoms with Crippen LogP contribution in [0.15, 0.2) is 0 Å². The molecule has 17 heavy (non-hydrogen) atoms. The smallest absolute Gasteiger partial charge is 0.325 e. The molecule has 0 aliphatic carbocycles. The van der Waals surface area contributed by atoms with Crippen molar-refractivity contribution in [3.63, 3.8) is 0 Å². The molecule has 0 radical (unpaired) electrons. The second-order valence-corrected chi connectivity index (χ2v) is 4.94. The van der Waals surface area contributed by atoms with Crippen LogP contribution < -0.4 is 5.73 Å². The molecule has 2 fully saturated rings. The molecule has 1 atom stereocenters. The molecule has 0 bridgehead atoms. The van der Waals surface area contributed by atoms with Crippen LogP contribution in [0.25, 0.3) is 0 Å². The van der Waals surface area contributed by atoms with Gasteiger partial charge in [0.2, 0.25) is 0 Å². The molecule has 0 saturated carbocycles. The van der Waals surface area contributed by atoms with Crippen molar-refractivity contribution in [2.24, 2.45) is 5.73 Å². The first-order chi connectivity index (χ1) is 8.10. The predicted molar refractivity (Wildman–Crippen MR) is 62.9 cm³/mol. The molecule has 3 N–H and O–H groups in total. The molecule has 2 aliphatic heterocycles. The van der Waals surface area contributed by atoms with Crippen LogP contribution in [0.3, 0.4) is 0 Å². The molecule has 6 nitrogen and oxygen atoms in total. The van der Waals surface area contributed by atoms with Gasteiger partial charge in [0, 0.05) is 39.3 Å². The minimum Gasteiger partial charge on any atom is -0.480 e. The number of hydrogen-bond donors (Lipinski definition) is 2. The van der Waals surface area contributed by atoms with Crippen molar-refractivity contribution in [3.8, 4) is 0 Å². The van der Waals surface area contributed by atoms with Gasteiger partial charge in [-0.25, -0.2) is 0 Å². The van der Waals surface area contributed by atoms with Crippen molar-refractivity contribution in [1.82, 2.24) is 9.80 Å². The SMILES string of the molecule is NC1(C(=O)O)CCN(CCN2CCOCC2)C1. The molecule has 0 aromatic rings. The van der Waals surface area contributed by atoms with Gasteiger partial charge in [0.1, 0.15) is 5.54 Å². The summed E-state index contributed by atoms with van der Waals surface area (Å²) in [5.74, 6) is -0.883. The third-order valence-electron chi connectivity index (χ3n) is 3.64. The Morgan fingerprint density at radius 2 is 1.88 bits per heavy atom. The molecular formula is C11H21N3O3. The van der Waals surface area contributed by atoms with Crippen LogP contribution in [0.5, 0.6) is 0 Å². The van der Waals surface area contributed by atoms with Crippen molar-refractivity contribution in [2.75, 3.05) is 52.5 Å². The third-order valence-corrected chi connectivity index (χ3v) is 3.64. The second kappa shape index (κ2) is 5.30. The summed E-state index contributed by atoms with van der Waals surface area (Å²) in [7, 11) is 0. The van der Waals surface area contributed by atoms with Crippen LogP contribution >= 0.6 is 0 Å². The topological polar surface area (TPSA) is 79.0 Å². The van der Waals surface area contributed by atoms with Crippen molar-refractivity contribution < 1.29 is 14.6 Å². The lowest BCUT2D eigenvalue weighted by Crippen LogP contribution is -2.50. The second-order valence-electron chi connectivity index (χ2n) is 4.94. The normalized spacial score (nSPS) is 31.8. The van der Waals surface area contributed by atoms with E-state index in [0.29, 0.717) is 13.0 Å². The van der Waals surface area contributed by atoms with E-state index in [1.807, 2.05) is 0 Å². The number of aliphatic carboxylic acids is 1. The molecule has 6 heteroatoms. The summed E-state index contributed by atoms with van der Waals surface area (Å²) in [6.07, 6.45) is 0.547. The number of nitrogens with zero attached hydrogens (tertiary/aromatic N) is 2. The van der Waals surface area contributed by atoms with Gasteiger partial charge < -0.3 is 15.6 Å². The Labute approximate surface area is 101 Å². The van der Waals surface area contributed by atoms with Crippen molar-refractivity contribution in [3.05, 3.63) is 0 Å². The van der Waals surface area contributed by atoms with E-state index in [1.54, 1.807) is 0 Å². The first kappa shape index (κ1) is 12.8. The number of carboxylic acids is 1. The zero-order valence-corrected chi connectivity index (χ0v) is 10.1. The molecule has 98 valence electrons.